The molecule has 0 aromatic heterocycles. The van der Waals surface area contributed by atoms with E-state index in [0.717, 1.165) is 19.3 Å². The third kappa shape index (κ3) is 3.93. The Labute approximate surface area is 107 Å². The van der Waals surface area contributed by atoms with Crippen LogP contribution in [0.2, 0.25) is 5.02 Å². The smallest absolute Gasteiger partial charge is 0.251 e. The summed E-state index contributed by atoms with van der Waals surface area (Å²) in [5.74, 6) is -0.0892. The van der Waals surface area contributed by atoms with Crippen molar-refractivity contribution in [3.63, 3.8) is 0 Å². The van der Waals surface area contributed by atoms with E-state index in [4.69, 9.17) is 17.3 Å². The molecule has 0 radical (unpaired) electrons. The van der Waals surface area contributed by atoms with Crippen molar-refractivity contribution in [2.24, 2.45) is 0 Å². The number of carbonyl (C=O) groups is 1. The minimum atomic E-state index is -0.0892. The highest BCUT2D eigenvalue weighted by molar-refractivity contribution is 6.33. The predicted octanol–water partition coefficient (Wildman–Crippen LogP) is 3.23. The molecule has 0 aliphatic heterocycles. The summed E-state index contributed by atoms with van der Waals surface area (Å²) in [6, 6.07) is 5.17. The van der Waals surface area contributed by atoms with E-state index in [9.17, 15) is 4.79 Å². The van der Waals surface area contributed by atoms with E-state index in [0.29, 0.717) is 16.3 Å². The lowest BCUT2D eigenvalue weighted by Crippen LogP contribution is -2.34. The highest BCUT2D eigenvalue weighted by atomic mass is 35.5. The van der Waals surface area contributed by atoms with Gasteiger partial charge in [-0.05, 0) is 31.0 Å². The van der Waals surface area contributed by atoms with Crippen molar-refractivity contribution in [1.82, 2.24) is 5.32 Å². The van der Waals surface area contributed by atoms with Gasteiger partial charge in [-0.25, -0.2) is 0 Å². The van der Waals surface area contributed by atoms with Gasteiger partial charge in [0.2, 0.25) is 0 Å². The Hall–Kier alpha value is -1.22. The summed E-state index contributed by atoms with van der Waals surface area (Å²) in [6.07, 6.45) is 2.98. The van der Waals surface area contributed by atoms with Crippen LogP contribution in [0.3, 0.4) is 0 Å². The Morgan fingerprint density at radius 3 is 2.71 bits per heavy atom. The molecule has 0 saturated carbocycles. The van der Waals surface area contributed by atoms with E-state index < -0.39 is 0 Å². The van der Waals surface area contributed by atoms with Crippen LogP contribution in [0.1, 0.15) is 43.5 Å². The van der Waals surface area contributed by atoms with Crippen LogP contribution in [0, 0.1) is 0 Å². The first-order valence-corrected chi connectivity index (χ1v) is 6.32. The van der Waals surface area contributed by atoms with E-state index in [1.54, 1.807) is 18.2 Å². The number of nitrogen functional groups attached to an aromatic ring is 1. The third-order valence-corrected chi connectivity index (χ3v) is 3.07. The second kappa shape index (κ2) is 6.50. The van der Waals surface area contributed by atoms with Crippen molar-refractivity contribution >= 4 is 23.2 Å². The van der Waals surface area contributed by atoms with Crippen molar-refractivity contribution < 1.29 is 4.79 Å². The van der Waals surface area contributed by atoms with E-state index in [1.165, 1.54) is 0 Å². The van der Waals surface area contributed by atoms with Gasteiger partial charge in [-0.1, -0.05) is 31.9 Å². The Balaban J connectivity index is 2.72. The average molecular weight is 255 g/mol. The molecular formula is C13H19ClN2O. The first kappa shape index (κ1) is 13.8. The fraction of sp³-hybridized carbons (Fsp3) is 0.462. The fourth-order valence-corrected chi connectivity index (χ4v) is 1.80. The molecular weight excluding hydrogens is 236 g/mol. The van der Waals surface area contributed by atoms with Crippen LogP contribution in [0.4, 0.5) is 5.69 Å². The highest BCUT2D eigenvalue weighted by Gasteiger charge is 2.12. The maximum absolute atomic E-state index is 11.9. The van der Waals surface area contributed by atoms with Gasteiger partial charge in [0.1, 0.15) is 0 Å². The lowest BCUT2D eigenvalue weighted by Gasteiger charge is -2.16. The van der Waals surface area contributed by atoms with Gasteiger partial charge in [-0.15, -0.1) is 0 Å². The van der Waals surface area contributed by atoms with Gasteiger partial charge in [0.15, 0.2) is 0 Å². The number of nitrogens with two attached hydrogens (primary N) is 1. The molecule has 1 amide bonds. The van der Waals surface area contributed by atoms with Crippen molar-refractivity contribution in [3.05, 3.63) is 28.8 Å². The molecule has 0 saturated heterocycles. The molecule has 3 nitrogen and oxygen atoms in total. The topological polar surface area (TPSA) is 55.1 Å². The number of hydrogen-bond acceptors (Lipinski definition) is 2. The zero-order valence-corrected chi connectivity index (χ0v) is 11.1. The van der Waals surface area contributed by atoms with Crippen molar-refractivity contribution in [2.75, 3.05) is 5.73 Å². The molecule has 1 aromatic carbocycles. The Bertz CT molecular complexity index is 393. The molecule has 1 unspecified atom stereocenters. The van der Waals surface area contributed by atoms with Crippen LogP contribution in [-0.2, 0) is 0 Å². The molecule has 94 valence electrons. The lowest BCUT2D eigenvalue weighted by atomic mass is 10.1. The quantitative estimate of drug-likeness (QED) is 0.793. The first-order valence-electron chi connectivity index (χ1n) is 5.94. The van der Waals surface area contributed by atoms with Crippen LogP contribution >= 0.6 is 11.6 Å². The summed E-state index contributed by atoms with van der Waals surface area (Å²) < 4.78 is 0. The molecule has 1 aromatic rings. The van der Waals surface area contributed by atoms with E-state index >= 15 is 0 Å². The fourth-order valence-electron chi connectivity index (χ4n) is 1.68. The van der Waals surface area contributed by atoms with Crippen molar-refractivity contribution in [1.29, 1.82) is 0 Å². The summed E-state index contributed by atoms with van der Waals surface area (Å²) in [4.78, 5) is 11.9. The van der Waals surface area contributed by atoms with Gasteiger partial charge < -0.3 is 11.1 Å². The molecule has 0 spiro atoms. The molecule has 3 N–H and O–H groups in total. The lowest BCUT2D eigenvalue weighted by molar-refractivity contribution is 0.0934. The minimum Gasteiger partial charge on any atom is -0.398 e. The summed E-state index contributed by atoms with van der Waals surface area (Å²) in [5, 5.41) is 3.47. The number of carbonyl (C=O) groups excluding carboxylic acids is 1. The number of rotatable bonds is 5. The summed E-state index contributed by atoms with van der Waals surface area (Å²) in [5.41, 5.74) is 6.66. The standard InChI is InChI=1S/C13H19ClN2O/c1-3-5-10(4-2)16-13(17)9-6-7-11(14)12(15)8-9/h6-8,10H,3-5,15H2,1-2H3,(H,16,17). The van der Waals surface area contributed by atoms with Crippen LogP contribution < -0.4 is 11.1 Å². The SMILES string of the molecule is CCCC(CC)NC(=O)c1ccc(Cl)c(N)c1. The number of nitrogens with one attached hydrogen (secondary N) is 1. The molecule has 1 rings (SSSR count). The van der Waals surface area contributed by atoms with E-state index in [1.807, 2.05) is 0 Å². The van der Waals surface area contributed by atoms with Gasteiger partial charge in [-0.3, -0.25) is 4.79 Å². The van der Waals surface area contributed by atoms with Gasteiger partial charge in [0.25, 0.3) is 5.91 Å². The number of halogens is 1. The molecule has 0 fully saturated rings. The Morgan fingerprint density at radius 1 is 1.47 bits per heavy atom. The summed E-state index contributed by atoms with van der Waals surface area (Å²) in [7, 11) is 0. The number of anilines is 1. The molecule has 4 heteroatoms. The highest BCUT2D eigenvalue weighted by Crippen LogP contribution is 2.19. The number of hydrogen-bond donors (Lipinski definition) is 2. The second-order valence-electron chi connectivity index (χ2n) is 4.10. The minimum absolute atomic E-state index is 0.0892. The summed E-state index contributed by atoms with van der Waals surface area (Å²) >= 11 is 5.81. The zero-order chi connectivity index (χ0) is 12.8. The second-order valence-corrected chi connectivity index (χ2v) is 4.51. The Morgan fingerprint density at radius 2 is 2.18 bits per heavy atom. The van der Waals surface area contributed by atoms with Crippen molar-refractivity contribution in [3.8, 4) is 0 Å². The van der Waals surface area contributed by atoms with Gasteiger partial charge >= 0.3 is 0 Å². The zero-order valence-electron chi connectivity index (χ0n) is 10.3. The van der Waals surface area contributed by atoms with Crippen LogP contribution in [-0.4, -0.2) is 11.9 Å². The monoisotopic (exact) mass is 254 g/mol. The Kier molecular flexibility index (Phi) is 5.29. The third-order valence-electron chi connectivity index (χ3n) is 2.72. The largest absolute Gasteiger partial charge is 0.398 e. The summed E-state index contributed by atoms with van der Waals surface area (Å²) in [6.45, 7) is 4.17. The number of amides is 1. The maximum Gasteiger partial charge on any atom is 0.251 e. The van der Waals surface area contributed by atoms with E-state index in [2.05, 4.69) is 19.2 Å². The maximum atomic E-state index is 11.9. The normalized spacial score (nSPS) is 12.2. The van der Waals surface area contributed by atoms with Crippen LogP contribution in [0.5, 0.6) is 0 Å². The van der Waals surface area contributed by atoms with Gasteiger partial charge in [-0.2, -0.15) is 0 Å². The first-order chi connectivity index (χ1) is 8.08. The van der Waals surface area contributed by atoms with E-state index in [-0.39, 0.29) is 11.9 Å². The van der Waals surface area contributed by atoms with Crippen LogP contribution in [0.15, 0.2) is 18.2 Å². The number of benzene rings is 1. The average Bonchev–Trinajstić information content (AvgIpc) is 2.31. The van der Waals surface area contributed by atoms with Gasteiger partial charge in [0.05, 0.1) is 10.7 Å². The molecule has 1 atom stereocenters. The van der Waals surface area contributed by atoms with Crippen LogP contribution in [0.25, 0.3) is 0 Å². The molecule has 0 heterocycles. The molecule has 0 bridgehead atoms. The predicted molar refractivity (Wildman–Crippen MR) is 72.3 cm³/mol. The van der Waals surface area contributed by atoms with Gasteiger partial charge in [0, 0.05) is 11.6 Å². The molecule has 0 aliphatic rings. The molecule has 0 aliphatic carbocycles. The molecule has 17 heavy (non-hydrogen) atoms. The van der Waals surface area contributed by atoms with Crippen molar-refractivity contribution in [2.45, 2.75) is 39.2 Å².